The van der Waals surface area contributed by atoms with E-state index < -0.39 is 0 Å². The van der Waals surface area contributed by atoms with Crippen LogP contribution >= 0.6 is 24.8 Å². The SMILES string of the molecule is CN(C)C(CNC(=O)CCc1ccccc1N)C1CCCCC1.Cl.Cl. The monoisotopic (exact) mass is 389 g/mol. The zero-order valence-corrected chi connectivity index (χ0v) is 17.0. The Bertz CT molecular complexity index is 505. The average molecular weight is 390 g/mol. The first-order valence-corrected chi connectivity index (χ1v) is 8.84. The van der Waals surface area contributed by atoms with E-state index in [-0.39, 0.29) is 30.7 Å². The number of carbonyl (C=O) groups is 1. The standard InChI is InChI=1S/C19H31N3O.2ClH/c1-22(2)18(16-9-4-3-5-10-16)14-21-19(23)13-12-15-8-6-7-11-17(15)20;;/h6-8,11,16,18H,3-5,9-10,12-14,20H2,1-2H3,(H,21,23);2*1H. The molecular formula is C19H33Cl2N3O. The Morgan fingerprint density at radius 2 is 1.84 bits per heavy atom. The van der Waals surface area contributed by atoms with Gasteiger partial charge in [-0.05, 0) is 50.9 Å². The summed E-state index contributed by atoms with van der Waals surface area (Å²) in [5.74, 6) is 0.833. The topological polar surface area (TPSA) is 58.4 Å². The molecule has 0 aliphatic heterocycles. The Balaban J connectivity index is 0.00000288. The molecule has 2 rings (SSSR count). The lowest BCUT2D eigenvalue weighted by Gasteiger charge is -2.35. The molecule has 0 saturated heterocycles. The average Bonchev–Trinajstić information content (AvgIpc) is 2.55. The predicted molar refractivity (Wildman–Crippen MR) is 111 cm³/mol. The van der Waals surface area contributed by atoms with Crippen LogP contribution in [0, 0.1) is 5.92 Å². The quantitative estimate of drug-likeness (QED) is 0.699. The molecule has 1 saturated carbocycles. The molecular weight excluding hydrogens is 357 g/mol. The van der Waals surface area contributed by atoms with Gasteiger partial charge in [-0.25, -0.2) is 0 Å². The van der Waals surface area contributed by atoms with Gasteiger partial charge in [-0.3, -0.25) is 4.79 Å². The van der Waals surface area contributed by atoms with E-state index in [4.69, 9.17) is 5.73 Å². The summed E-state index contributed by atoms with van der Waals surface area (Å²) < 4.78 is 0. The summed E-state index contributed by atoms with van der Waals surface area (Å²) in [7, 11) is 4.24. The Hall–Kier alpha value is -0.970. The number of aryl methyl sites for hydroxylation is 1. The highest BCUT2D eigenvalue weighted by molar-refractivity contribution is 5.85. The van der Waals surface area contributed by atoms with E-state index >= 15 is 0 Å². The maximum absolute atomic E-state index is 12.2. The minimum Gasteiger partial charge on any atom is -0.399 e. The van der Waals surface area contributed by atoms with Crippen molar-refractivity contribution >= 4 is 36.4 Å². The number of rotatable bonds is 7. The van der Waals surface area contributed by atoms with Gasteiger partial charge in [0.05, 0.1) is 0 Å². The van der Waals surface area contributed by atoms with E-state index in [1.807, 2.05) is 24.3 Å². The molecule has 1 aliphatic carbocycles. The number of halogens is 2. The normalized spacial score (nSPS) is 15.8. The van der Waals surface area contributed by atoms with Gasteiger partial charge >= 0.3 is 0 Å². The molecule has 144 valence electrons. The number of amides is 1. The molecule has 4 nitrogen and oxygen atoms in total. The summed E-state index contributed by atoms with van der Waals surface area (Å²) in [6, 6.07) is 8.21. The molecule has 1 fully saturated rings. The summed E-state index contributed by atoms with van der Waals surface area (Å²) >= 11 is 0. The van der Waals surface area contributed by atoms with Gasteiger partial charge in [0.2, 0.25) is 5.91 Å². The molecule has 0 spiro atoms. The molecule has 1 amide bonds. The van der Waals surface area contributed by atoms with Crippen LogP contribution in [0.1, 0.15) is 44.1 Å². The molecule has 3 N–H and O–H groups in total. The Kier molecular flexibility index (Phi) is 11.9. The molecule has 0 radical (unpaired) electrons. The summed E-state index contributed by atoms with van der Waals surface area (Å²) in [6.07, 6.45) is 7.81. The molecule has 6 heteroatoms. The zero-order chi connectivity index (χ0) is 16.7. The van der Waals surface area contributed by atoms with Crippen LogP contribution in [0.25, 0.3) is 0 Å². The molecule has 0 heterocycles. The molecule has 1 atom stereocenters. The van der Waals surface area contributed by atoms with Crippen molar-refractivity contribution < 1.29 is 4.79 Å². The number of anilines is 1. The van der Waals surface area contributed by atoms with Crippen molar-refractivity contribution in [1.29, 1.82) is 0 Å². The molecule has 1 aromatic rings. The van der Waals surface area contributed by atoms with Crippen LogP contribution in [0.4, 0.5) is 5.69 Å². The number of likely N-dealkylation sites (N-methyl/N-ethyl adjacent to an activating group) is 1. The molecule has 1 aromatic carbocycles. The van der Waals surface area contributed by atoms with Gasteiger partial charge in [0.25, 0.3) is 0 Å². The van der Waals surface area contributed by atoms with Crippen molar-refractivity contribution in [2.45, 2.75) is 51.0 Å². The second-order valence-corrected chi connectivity index (χ2v) is 6.93. The van der Waals surface area contributed by atoms with Crippen molar-refractivity contribution in [2.24, 2.45) is 5.92 Å². The molecule has 0 bridgehead atoms. The number of nitrogens with two attached hydrogens (primary N) is 1. The minimum atomic E-state index is 0. The Morgan fingerprint density at radius 1 is 1.20 bits per heavy atom. The van der Waals surface area contributed by atoms with Gasteiger partial charge in [-0.2, -0.15) is 0 Å². The van der Waals surface area contributed by atoms with Crippen LogP contribution in [0.2, 0.25) is 0 Å². The van der Waals surface area contributed by atoms with Gasteiger partial charge in [0, 0.05) is 24.7 Å². The smallest absolute Gasteiger partial charge is 0.220 e. The Morgan fingerprint density at radius 3 is 2.44 bits per heavy atom. The highest BCUT2D eigenvalue weighted by Crippen LogP contribution is 2.28. The van der Waals surface area contributed by atoms with Crippen LogP contribution in [0.15, 0.2) is 24.3 Å². The van der Waals surface area contributed by atoms with E-state index in [0.717, 1.165) is 17.8 Å². The second kappa shape index (κ2) is 12.4. The Labute approximate surface area is 164 Å². The van der Waals surface area contributed by atoms with Crippen molar-refractivity contribution in [3.63, 3.8) is 0 Å². The van der Waals surface area contributed by atoms with Crippen LogP contribution < -0.4 is 11.1 Å². The van der Waals surface area contributed by atoms with Crippen LogP contribution in [-0.2, 0) is 11.2 Å². The number of nitrogens with zero attached hydrogens (tertiary/aromatic N) is 1. The van der Waals surface area contributed by atoms with Gasteiger partial charge in [-0.15, -0.1) is 24.8 Å². The maximum atomic E-state index is 12.2. The van der Waals surface area contributed by atoms with E-state index in [1.165, 1.54) is 32.1 Å². The first-order chi connectivity index (χ1) is 11.1. The van der Waals surface area contributed by atoms with Crippen LogP contribution in [0.3, 0.4) is 0 Å². The zero-order valence-electron chi connectivity index (χ0n) is 15.4. The number of para-hydroxylation sites is 1. The summed E-state index contributed by atoms with van der Waals surface area (Å²) in [5.41, 5.74) is 7.75. The number of benzene rings is 1. The largest absolute Gasteiger partial charge is 0.399 e. The third-order valence-corrected chi connectivity index (χ3v) is 5.04. The second-order valence-electron chi connectivity index (χ2n) is 6.93. The van der Waals surface area contributed by atoms with Crippen molar-refractivity contribution in [3.8, 4) is 0 Å². The lowest BCUT2D eigenvalue weighted by molar-refractivity contribution is -0.121. The number of nitrogens with one attached hydrogen (secondary N) is 1. The molecule has 25 heavy (non-hydrogen) atoms. The lowest BCUT2D eigenvalue weighted by Crippen LogP contribution is -2.45. The number of hydrogen-bond donors (Lipinski definition) is 2. The highest BCUT2D eigenvalue weighted by atomic mass is 35.5. The summed E-state index contributed by atoms with van der Waals surface area (Å²) in [4.78, 5) is 14.4. The first-order valence-electron chi connectivity index (χ1n) is 8.84. The van der Waals surface area contributed by atoms with Gasteiger partial charge < -0.3 is 16.0 Å². The number of hydrogen-bond acceptors (Lipinski definition) is 3. The van der Waals surface area contributed by atoms with E-state index in [0.29, 0.717) is 24.8 Å². The molecule has 0 aromatic heterocycles. The number of nitrogen functional groups attached to an aromatic ring is 1. The predicted octanol–water partition coefficient (Wildman–Crippen LogP) is 3.67. The summed E-state index contributed by atoms with van der Waals surface area (Å²) in [6.45, 7) is 0.751. The van der Waals surface area contributed by atoms with Crippen molar-refractivity contribution in [3.05, 3.63) is 29.8 Å². The van der Waals surface area contributed by atoms with E-state index in [2.05, 4.69) is 24.3 Å². The van der Waals surface area contributed by atoms with Crippen LogP contribution in [-0.4, -0.2) is 37.5 Å². The molecule has 1 aliphatic rings. The first kappa shape index (κ1) is 24.0. The fourth-order valence-corrected chi connectivity index (χ4v) is 3.61. The van der Waals surface area contributed by atoms with Crippen molar-refractivity contribution in [2.75, 3.05) is 26.4 Å². The van der Waals surface area contributed by atoms with Gasteiger partial charge in [-0.1, -0.05) is 37.5 Å². The fourth-order valence-electron chi connectivity index (χ4n) is 3.61. The highest BCUT2D eigenvalue weighted by Gasteiger charge is 2.25. The maximum Gasteiger partial charge on any atom is 0.220 e. The number of carbonyl (C=O) groups excluding carboxylic acids is 1. The minimum absolute atomic E-state index is 0. The van der Waals surface area contributed by atoms with E-state index in [9.17, 15) is 4.79 Å². The molecule has 1 unspecified atom stereocenters. The lowest BCUT2D eigenvalue weighted by atomic mass is 9.83. The van der Waals surface area contributed by atoms with Crippen LogP contribution in [0.5, 0.6) is 0 Å². The summed E-state index contributed by atoms with van der Waals surface area (Å²) in [5, 5.41) is 3.13. The van der Waals surface area contributed by atoms with Crippen molar-refractivity contribution in [1.82, 2.24) is 10.2 Å². The fraction of sp³-hybridized carbons (Fsp3) is 0.632. The van der Waals surface area contributed by atoms with Gasteiger partial charge in [0.1, 0.15) is 0 Å². The van der Waals surface area contributed by atoms with E-state index in [1.54, 1.807) is 0 Å². The van der Waals surface area contributed by atoms with Gasteiger partial charge in [0.15, 0.2) is 0 Å². The third-order valence-electron chi connectivity index (χ3n) is 5.04. The third kappa shape index (κ3) is 7.85.